The number of aryl methyl sites for hydroxylation is 1. The Morgan fingerprint density at radius 3 is 2.57 bits per heavy atom. The van der Waals surface area contributed by atoms with Gasteiger partial charge in [-0.1, -0.05) is 24.3 Å². The molecule has 0 fully saturated rings. The predicted octanol–water partition coefficient (Wildman–Crippen LogP) is 4.65. The molecule has 6 nitrogen and oxygen atoms in total. The zero-order valence-corrected chi connectivity index (χ0v) is 17.7. The number of aromatic nitrogens is 4. The second-order valence-electron chi connectivity index (χ2n) is 7.81. The Morgan fingerprint density at radius 1 is 1.13 bits per heavy atom. The van der Waals surface area contributed by atoms with E-state index in [0.717, 1.165) is 33.4 Å². The van der Waals surface area contributed by atoms with Crippen LogP contribution in [-0.2, 0) is 6.54 Å². The lowest BCUT2D eigenvalue weighted by Crippen LogP contribution is -2.26. The third kappa shape index (κ3) is 3.68. The van der Waals surface area contributed by atoms with Crippen molar-refractivity contribution in [1.82, 2.24) is 24.6 Å². The lowest BCUT2D eigenvalue weighted by atomic mass is 10.0. The van der Waals surface area contributed by atoms with Crippen molar-refractivity contribution in [2.45, 2.75) is 33.4 Å². The fraction of sp³-hybridized carbons (Fsp3) is 0.250. The fourth-order valence-corrected chi connectivity index (χ4v) is 3.61. The summed E-state index contributed by atoms with van der Waals surface area (Å²) >= 11 is 0. The first-order valence-electron chi connectivity index (χ1n) is 10.0. The van der Waals surface area contributed by atoms with Gasteiger partial charge < -0.3 is 4.90 Å². The zero-order valence-electron chi connectivity index (χ0n) is 17.7. The number of hydrogen-bond donors (Lipinski definition) is 0. The predicted molar refractivity (Wildman–Crippen MR) is 118 cm³/mol. The summed E-state index contributed by atoms with van der Waals surface area (Å²) in [5.41, 5.74) is 5.28. The van der Waals surface area contributed by atoms with E-state index < -0.39 is 0 Å². The largest absolute Gasteiger partial charge is 0.337 e. The fourth-order valence-electron chi connectivity index (χ4n) is 3.61. The number of hydrogen-bond acceptors (Lipinski definition) is 4. The summed E-state index contributed by atoms with van der Waals surface area (Å²) in [6.45, 7) is 6.68. The number of carbonyl (C=O) groups is 1. The molecule has 3 heterocycles. The Labute approximate surface area is 176 Å². The standard InChI is InChI=1S/C24H25N5O/c1-16(2)29-23-21(14-26-29)20(13-22(27-23)19-8-6-5-7-17(19)3)24(30)28(4)15-18-9-11-25-12-10-18/h5-14,16H,15H2,1-4H3. The van der Waals surface area contributed by atoms with Crippen molar-refractivity contribution in [3.63, 3.8) is 0 Å². The van der Waals surface area contributed by atoms with Gasteiger partial charge in [0.1, 0.15) is 0 Å². The van der Waals surface area contributed by atoms with Crippen molar-refractivity contribution < 1.29 is 4.79 Å². The zero-order chi connectivity index (χ0) is 21.3. The monoisotopic (exact) mass is 399 g/mol. The van der Waals surface area contributed by atoms with E-state index in [9.17, 15) is 4.79 Å². The highest BCUT2D eigenvalue weighted by Crippen LogP contribution is 2.29. The molecule has 30 heavy (non-hydrogen) atoms. The molecular formula is C24H25N5O. The van der Waals surface area contributed by atoms with Gasteiger partial charge in [-0.25, -0.2) is 9.67 Å². The molecule has 4 rings (SSSR count). The van der Waals surface area contributed by atoms with E-state index in [-0.39, 0.29) is 11.9 Å². The minimum atomic E-state index is -0.0580. The molecule has 3 aromatic heterocycles. The molecule has 0 aliphatic carbocycles. The van der Waals surface area contributed by atoms with Gasteiger partial charge in [0.2, 0.25) is 0 Å². The van der Waals surface area contributed by atoms with E-state index in [1.807, 2.05) is 48.1 Å². The average Bonchev–Trinajstić information content (AvgIpc) is 3.18. The summed E-state index contributed by atoms with van der Waals surface area (Å²) < 4.78 is 1.87. The van der Waals surface area contributed by atoms with E-state index in [4.69, 9.17) is 4.98 Å². The van der Waals surface area contributed by atoms with Gasteiger partial charge in [-0.3, -0.25) is 9.78 Å². The molecular weight excluding hydrogens is 374 g/mol. The van der Waals surface area contributed by atoms with E-state index >= 15 is 0 Å². The van der Waals surface area contributed by atoms with Crippen molar-refractivity contribution >= 4 is 16.9 Å². The van der Waals surface area contributed by atoms with Gasteiger partial charge in [0.05, 0.1) is 22.8 Å². The van der Waals surface area contributed by atoms with E-state index in [1.165, 1.54) is 0 Å². The minimum absolute atomic E-state index is 0.0580. The lowest BCUT2D eigenvalue weighted by molar-refractivity contribution is 0.0787. The van der Waals surface area contributed by atoms with Crippen molar-refractivity contribution in [1.29, 1.82) is 0 Å². The van der Waals surface area contributed by atoms with Gasteiger partial charge in [-0.15, -0.1) is 0 Å². The Balaban J connectivity index is 1.83. The van der Waals surface area contributed by atoms with Crippen LogP contribution in [0.25, 0.3) is 22.3 Å². The van der Waals surface area contributed by atoms with Crippen LogP contribution in [0, 0.1) is 6.92 Å². The van der Waals surface area contributed by atoms with E-state index in [2.05, 4.69) is 36.9 Å². The second kappa shape index (κ2) is 8.06. The normalized spacial score (nSPS) is 11.2. The van der Waals surface area contributed by atoms with Crippen LogP contribution in [0.15, 0.2) is 61.1 Å². The number of amides is 1. The molecule has 1 aromatic carbocycles. The van der Waals surface area contributed by atoms with Crippen LogP contribution in [0.1, 0.15) is 41.4 Å². The minimum Gasteiger partial charge on any atom is -0.337 e. The number of benzene rings is 1. The summed E-state index contributed by atoms with van der Waals surface area (Å²) in [4.78, 5) is 24.1. The molecule has 152 valence electrons. The van der Waals surface area contributed by atoms with E-state index in [1.54, 1.807) is 23.5 Å². The summed E-state index contributed by atoms with van der Waals surface area (Å²) in [6, 6.07) is 14.0. The lowest BCUT2D eigenvalue weighted by Gasteiger charge is -2.19. The highest BCUT2D eigenvalue weighted by Gasteiger charge is 2.21. The first-order chi connectivity index (χ1) is 14.5. The van der Waals surface area contributed by atoms with Gasteiger partial charge >= 0.3 is 0 Å². The number of carbonyl (C=O) groups excluding carboxylic acids is 1. The molecule has 0 radical (unpaired) electrons. The van der Waals surface area contributed by atoms with Crippen LogP contribution < -0.4 is 0 Å². The Hall–Kier alpha value is -3.54. The average molecular weight is 399 g/mol. The first kappa shape index (κ1) is 19.8. The topological polar surface area (TPSA) is 63.9 Å². The Morgan fingerprint density at radius 2 is 1.87 bits per heavy atom. The first-order valence-corrected chi connectivity index (χ1v) is 10.0. The Kier molecular flexibility index (Phi) is 5.31. The second-order valence-corrected chi connectivity index (χ2v) is 7.81. The Bertz CT molecular complexity index is 1200. The summed E-state index contributed by atoms with van der Waals surface area (Å²) in [6.07, 6.45) is 5.22. The van der Waals surface area contributed by atoms with Crippen molar-refractivity contribution in [2.24, 2.45) is 0 Å². The highest BCUT2D eigenvalue weighted by molar-refractivity contribution is 6.06. The van der Waals surface area contributed by atoms with Gasteiger partial charge in [0.15, 0.2) is 5.65 Å². The SMILES string of the molecule is Cc1ccccc1-c1cc(C(=O)N(C)Cc2ccncc2)c2cnn(C(C)C)c2n1. The van der Waals surface area contributed by atoms with Crippen LogP contribution in [0.4, 0.5) is 0 Å². The molecule has 0 saturated carbocycles. The van der Waals surface area contributed by atoms with Crippen molar-refractivity contribution in [3.8, 4) is 11.3 Å². The van der Waals surface area contributed by atoms with Gasteiger partial charge in [0, 0.05) is 37.6 Å². The molecule has 0 unspecified atom stereocenters. The van der Waals surface area contributed by atoms with Crippen molar-refractivity contribution in [2.75, 3.05) is 7.05 Å². The maximum Gasteiger partial charge on any atom is 0.254 e. The number of rotatable bonds is 5. The third-order valence-corrected chi connectivity index (χ3v) is 5.22. The summed E-state index contributed by atoms with van der Waals surface area (Å²) in [5.74, 6) is -0.0580. The van der Waals surface area contributed by atoms with Gasteiger partial charge in [-0.05, 0) is 50.1 Å². The quantitative estimate of drug-likeness (QED) is 0.490. The number of fused-ring (bicyclic) bond motifs is 1. The summed E-state index contributed by atoms with van der Waals surface area (Å²) in [7, 11) is 1.81. The third-order valence-electron chi connectivity index (χ3n) is 5.22. The number of nitrogens with zero attached hydrogens (tertiary/aromatic N) is 5. The summed E-state index contributed by atoms with van der Waals surface area (Å²) in [5, 5.41) is 5.28. The molecule has 4 aromatic rings. The van der Waals surface area contributed by atoms with Gasteiger partial charge in [-0.2, -0.15) is 5.10 Å². The van der Waals surface area contributed by atoms with Crippen LogP contribution in [0.5, 0.6) is 0 Å². The van der Waals surface area contributed by atoms with Crippen LogP contribution >= 0.6 is 0 Å². The highest BCUT2D eigenvalue weighted by atomic mass is 16.2. The smallest absolute Gasteiger partial charge is 0.254 e. The molecule has 0 aliphatic rings. The maximum atomic E-state index is 13.5. The molecule has 0 N–H and O–H groups in total. The molecule has 0 spiro atoms. The molecule has 0 aliphatic heterocycles. The molecule has 6 heteroatoms. The maximum absolute atomic E-state index is 13.5. The molecule has 0 bridgehead atoms. The molecule has 0 atom stereocenters. The van der Waals surface area contributed by atoms with Crippen LogP contribution in [0.2, 0.25) is 0 Å². The van der Waals surface area contributed by atoms with E-state index in [0.29, 0.717) is 12.1 Å². The molecule has 0 saturated heterocycles. The van der Waals surface area contributed by atoms with Crippen LogP contribution in [0.3, 0.4) is 0 Å². The van der Waals surface area contributed by atoms with Gasteiger partial charge in [0.25, 0.3) is 5.91 Å². The van der Waals surface area contributed by atoms with Crippen molar-refractivity contribution in [3.05, 3.63) is 77.7 Å². The van der Waals surface area contributed by atoms with Crippen LogP contribution in [-0.4, -0.2) is 37.6 Å². The molecule has 1 amide bonds. The number of pyridine rings is 2.